The van der Waals surface area contributed by atoms with Gasteiger partial charge in [-0.15, -0.1) is 35.3 Å². The normalized spacial score (nSPS) is 13.3. The van der Waals surface area contributed by atoms with Gasteiger partial charge in [0.1, 0.15) is 0 Å². The summed E-state index contributed by atoms with van der Waals surface area (Å²) in [5.74, 6) is 2.27. The lowest BCUT2D eigenvalue weighted by Crippen LogP contribution is -2.32. The fraction of sp³-hybridized carbons (Fsp3) is 0.333. The maximum atomic E-state index is 5.80. The van der Waals surface area contributed by atoms with E-state index in [4.69, 9.17) is 14.5 Å². The van der Waals surface area contributed by atoms with Gasteiger partial charge < -0.3 is 20.1 Å². The van der Waals surface area contributed by atoms with Crippen molar-refractivity contribution in [1.82, 2.24) is 15.1 Å². The fourth-order valence-electron chi connectivity index (χ4n) is 3.00. The Morgan fingerprint density at radius 3 is 2.87 bits per heavy atom. The lowest BCUT2D eigenvalue weighted by atomic mass is 10.2. The number of rotatable bonds is 6. The fourth-order valence-corrected chi connectivity index (χ4v) is 3.71. The summed E-state index contributed by atoms with van der Waals surface area (Å²) in [6.07, 6.45) is 5.65. The molecule has 0 spiro atoms. The summed E-state index contributed by atoms with van der Waals surface area (Å²) < 4.78 is 13.3. The van der Waals surface area contributed by atoms with Gasteiger partial charge in [-0.3, -0.25) is 4.68 Å². The Hall–Kier alpha value is -2.27. The van der Waals surface area contributed by atoms with Crippen molar-refractivity contribution in [1.29, 1.82) is 0 Å². The summed E-state index contributed by atoms with van der Waals surface area (Å²) in [5, 5.41) is 13.1. The quantitative estimate of drug-likeness (QED) is 0.281. The van der Waals surface area contributed by atoms with Gasteiger partial charge in [-0.2, -0.15) is 5.10 Å². The van der Waals surface area contributed by atoms with Crippen LogP contribution in [0.15, 0.2) is 53.1 Å². The van der Waals surface area contributed by atoms with E-state index in [9.17, 15) is 0 Å². The number of hydrogen-bond acceptors (Lipinski definition) is 5. The van der Waals surface area contributed by atoms with Gasteiger partial charge >= 0.3 is 0 Å². The molecule has 0 radical (unpaired) electrons. The Morgan fingerprint density at radius 2 is 2.10 bits per heavy atom. The minimum Gasteiger partial charge on any atom is -0.490 e. The molecule has 3 aromatic rings. The number of anilines is 1. The zero-order chi connectivity index (χ0) is 19.9. The zero-order valence-corrected chi connectivity index (χ0v) is 20.0. The van der Waals surface area contributed by atoms with E-state index in [2.05, 4.69) is 33.2 Å². The van der Waals surface area contributed by atoms with Crippen molar-refractivity contribution >= 4 is 47.0 Å². The van der Waals surface area contributed by atoms with Crippen molar-refractivity contribution in [2.75, 3.05) is 25.1 Å². The first-order chi connectivity index (χ1) is 14.3. The first-order valence-electron chi connectivity index (χ1n) is 9.71. The molecule has 3 heterocycles. The second-order valence-electron chi connectivity index (χ2n) is 6.78. The molecular formula is C21H26IN5O2S. The SMILES string of the molecule is Cn1cc(CN=C(NCCc2cccs2)Nc2ccc3c(c2)OCCCO3)cn1.I. The maximum Gasteiger partial charge on any atom is 0.196 e. The molecule has 1 aliphatic heterocycles. The summed E-state index contributed by atoms with van der Waals surface area (Å²) in [5.41, 5.74) is 1.97. The standard InChI is InChI=1S/C21H25N5O2S.HI/c1-26-15-16(14-24-26)13-23-21(22-8-7-18-4-2-11-29-18)25-17-5-6-19-20(12-17)28-10-3-9-27-19;/h2,4-6,11-12,14-15H,3,7-10,13H2,1H3,(H2,22,23,25);1H. The predicted octanol–water partition coefficient (Wildman–Crippen LogP) is 4.06. The minimum atomic E-state index is 0. The van der Waals surface area contributed by atoms with E-state index in [-0.39, 0.29) is 24.0 Å². The van der Waals surface area contributed by atoms with Crippen LogP contribution in [0.3, 0.4) is 0 Å². The van der Waals surface area contributed by atoms with Crippen LogP contribution in [0.1, 0.15) is 16.9 Å². The van der Waals surface area contributed by atoms with Crippen molar-refractivity contribution < 1.29 is 9.47 Å². The number of halogens is 1. The second-order valence-corrected chi connectivity index (χ2v) is 7.81. The summed E-state index contributed by atoms with van der Waals surface area (Å²) in [4.78, 5) is 6.07. The van der Waals surface area contributed by atoms with Gasteiger partial charge in [0.25, 0.3) is 0 Å². The lowest BCUT2D eigenvalue weighted by molar-refractivity contribution is 0.297. The molecule has 7 nitrogen and oxygen atoms in total. The first kappa shape index (κ1) is 22.4. The van der Waals surface area contributed by atoms with Crippen LogP contribution in [0.25, 0.3) is 0 Å². The van der Waals surface area contributed by atoms with Crippen LogP contribution in [-0.2, 0) is 20.0 Å². The molecule has 0 fully saturated rings. The van der Waals surface area contributed by atoms with Gasteiger partial charge in [-0.05, 0) is 30.0 Å². The Labute approximate surface area is 197 Å². The van der Waals surface area contributed by atoms with Crippen LogP contribution in [0.4, 0.5) is 5.69 Å². The third-order valence-electron chi connectivity index (χ3n) is 4.43. The first-order valence-corrected chi connectivity index (χ1v) is 10.6. The van der Waals surface area contributed by atoms with Crippen LogP contribution < -0.4 is 20.1 Å². The van der Waals surface area contributed by atoms with E-state index >= 15 is 0 Å². The number of nitrogens with one attached hydrogen (secondary N) is 2. The zero-order valence-electron chi connectivity index (χ0n) is 16.8. The predicted molar refractivity (Wildman–Crippen MR) is 131 cm³/mol. The largest absolute Gasteiger partial charge is 0.490 e. The van der Waals surface area contributed by atoms with Gasteiger partial charge in [-0.1, -0.05) is 6.07 Å². The highest BCUT2D eigenvalue weighted by molar-refractivity contribution is 14.0. The van der Waals surface area contributed by atoms with Crippen molar-refractivity contribution in [2.45, 2.75) is 19.4 Å². The lowest BCUT2D eigenvalue weighted by Gasteiger charge is -2.14. The molecule has 0 aliphatic carbocycles. The van der Waals surface area contributed by atoms with Crippen LogP contribution >= 0.6 is 35.3 Å². The number of benzene rings is 1. The van der Waals surface area contributed by atoms with E-state index in [1.54, 1.807) is 16.0 Å². The molecule has 0 unspecified atom stereocenters. The van der Waals surface area contributed by atoms with Crippen molar-refractivity contribution in [3.63, 3.8) is 0 Å². The van der Waals surface area contributed by atoms with Crippen molar-refractivity contribution in [2.24, 2.45) is 12.0 Å². The number of nitrogens with zero attached hydrogens (tertiary/aromatic N) is 3. The van der Waals surface area contributed by atoms with Crippen molar-refractivity contribution in [3.8, 4) is 11.5 Å². The van der Waals surface area contributed by atoms with Crippen LogP contribution in [-0.4, -0.2) is 35.5 Å². The third-order valence-corrected chi connectivity index (χ3v) is 5.37. The Balaban J connectivity index is 0.00000256. The van der Waals surface area contributed by atoms with Gasteiger partial charge in [0.15, 0.2) is 17.5 Å². The number of guanidine groups is 1. The second kappa shape index (κ2) is 11.2. The number of aliphatic imine (C=N–C) groups is 1. The summed E-state index contributed by atoms with van der Waals surface area (Å²) >= 11 is 1.77. The number of hydrogen-bond donors (Lipinski definition) is 2. The molecule has 1 aliphatic rings. The highest BCUT2D eigenvalue weighted by Crippen LogP contribution is 2.32. The minimum absolute atomic E-state index is 0. The van der Waals surface area contributed by atoms with Crippen LogP contribution in [0.2, 0.25) is 0 Å². The van der Waals surface area contributed by atoms with E-state index in [1.807, 2.05) is 37.6 Å². The van der Waals surface area contributed by atoms with E-state index in [1.165, 1.54) is 4.88 Å². The maximum absolute atomic E-state index is 5.80. The molecule has 9 heteroatoms. The molecule has 2 aromatic heterocycles. The number of aromatic nitrogens is 2. The molecular weight excluding hydrogens is 513 g/mol. The highest BCUT2D eigenvalue weighted by Gasteiger charge is 2.11. The van der Waals surface area contributed by atoms with Gasteiger partial charge in [-0.25, -0.2) is 4.99 Å². The van der Waals surface area contributed by atoms with E-state index < -0.39 is 0 Å². The molecule has 0 bridgehead atoms. The Kier molecular flexibility index (Phi) is 8.38. The number of thiophene rings is 1. The summed E-state index contributed by atoms with van der Waals surface area (Å²) in [6, 6.07) is 10.1. The molecule has 160 valence electrons. The highest BCUT2D eigenvalue weighted by atomic mass is 127. The summed E-state index contributed by atoms with van der Waals surface area (Å²) in [7, 11) is 1.91. The average molecular weight is 539 g/mol. The number of fused-ring (bicyclic) bond motifs is 1. The topological polar surface area (TPSA) is 72.7 Å². The van der Waals surface area contributed by atoms with Crippen molar-refractivity contribution in [3.05, 3.63) is 58.5 Å². The Morgan fingerprint density at radius 1 is 1.23 bits per heavy atom. The van der Waals surface area contributed by atoms with Crippen LogP contribution in [0, 0.1) is 0 Å². The smallest absolute Gasteiger partial charge is 0.196 e. The van der Waals surface area contributed by atoms with Gasteiger partial charge in [0, 0.05) is 48.4 Å². The molecule has 0 saturated carbocycles. The molecule has 0 amide bonds. The van der Waals surface area contributed by atoms with E-state index in [0.717, 1.165) is 48.1 Å². The van der Waals surface area contributed by atoms with Gasteiger partial charge in [0.2, 0.25) is 0 Å². The van der Waals surface area contributed by atoms with E-state index in [0.29, 0.717) is 19.8 Å². The molecule has 30 heavy (non-hydrogen) atoms. The molecule has 4 rings (SSSR count). The third kappa shape index (κ3) is 6.36. The molecule has 0 atom stereocenters. The summed E-state index contributed by atoms with van der Waals surface area (Å²) in [6.45, 7) is 2.69. The number of ether oxygens (including phenoxy) is 2. The van der Waals surface area contributed by atoms with Crippen LogP contribution in [0.5, 0.6) is 11.5 Å². The Bertz CT molecular complexity index is 958. The molecule has 0 saturated heterocycles. The monoisotopic (exact) mass is 539 g/mol. The number of aryl methyl sites for hydroxylation is 1. The van der Waals surface area contributed by atoms with Gasteiger partial charge in [0.05, 0.1) is 26.0 Å². The molecule has 1 aromatic carbocycles. The molecule has 2 N–H and O–H groups in total. The average Bonchev–Trinajstić information content (AvgIpc) is 3.32.